The molecule has 2 aliphatic heterocycles. The molecule has 3 aliphatic rings. The molecule has 4 N–H and O–H groups in total. The Kier molecular flexibility index (Phi) is 5.55. The number of nitriles is 2. The van der Waals surface area contributed by atoms with Gasteiger partial charge in [-0.25, -0.2) is 4.98 Å². The third-order valence-corrected chi connectivity index (χ3v) is 9.11. The fourth-order valence-electron chi connectivity index (χ4n) is 4.73. The fraction of sp³-hybridized carbons (Fsp3) is 0.409. The number of aromatic nitrogens is 4. The number of hydrogen-bond donors (Lipinski definition) is 4. The van der Waals surface area contributed by atoms with Gasteiger partial charge in [-0.3, -0.25) is 9.11 Å². The molecule has 6 rings (SSSR count). The van der Waals surface area contributed by atoms with Crippen LogP contribution in [0.25, 0.3) is 5.65 Å². The molecule has 3 aromatic rings. The van der Waals surface area contributed by atoms with Gasteiger partial charge in [0.15, 0.2) is 17.2 Å². The van der Waals surface area contributed by atoms with E-state index in [1.165, 1.54) is 10.7 Å². The van der Waals surface area contributed by atoms with Crippen LogP contribution in [-0.2, 0) is 0 Å². The molecular formula is C22H23ClN10O2S. The Morgan fingerprint density at radius 1 is 1.14 bits per heavy atom. The molecule has 2 saturated heterocycles. The van der Waals surface area contributed by atoms with Gasteiger partial charge in [-0.15, -0.1) is 15.9 Å². The highest BCUT2D eigenvalue weighted by atomic mass is 35.5. The van der Waals surface area contributed by atoms with Crippen molar-refractivity contribution in [1.82, 2.24) is 23.9 Å². The summed E-state index contributed by atoms with van der Waals surface area (Å²) in [6, 6.07) is 7.96. The fourth-order valence-corrected chi connectivity index (χ4v) is 6.85. The molecule has 1 saturated carbocycles. The van der Waals surface area contributed by atoms with Crippen LogP contribution in [0, 0.1) is 22.7 Å². The molecule has 12 nitrogen and oxygen atoms in total. The first kappa shape index (κ1) is 23.1. The Morgan fingerprint density at radius 3 is 2.72 bits per heavy atom. The zero-order chi connectivity index (χ0) is 25.0. The minimum Gasteiger partial charge on any atom is -0.367 e. The SMILES string of the molecule is N#Cc1cc(Nc2nc(NC3CC3)c3ncc(C#N)n3n2)c(Cl)c(N2CCN3C(CCS3(O)O)C2)c1. The van der Waals surface area contributed by atoms with Crippen LogP contribution in [0.15, 0.2) is 18.3 Å². The summed E-state index contributed by atoms with van der Waals surface area (Å²) in [5, 5.41) is 30.5. The molecule has 4 heterocycles. The molecule has 2 aromatic heterocycles. The molecular weight excluding hydrogens is 504 g/mol. The summed E-state index contributed by atoms with van der Waals surface area (Å²) >= 11 is 6.85. The summed E-state index contributed by atoms with van der Waals surface area (Å²) in [5.41, 5.74) is 2.28. The maximum Gasteiger partial charge on any atom is 0.247 e. The summed E-state index contributed by atoms with van der Waals surface area (Å²) in [5.74, 6) is 1.10. The molecule has 1 aliphatic carbocycles. The van der Waals surface area contributed by atoms with Gasteiger partial charge >= 0.3 is 0 Å². The van der Waals surface area contributed by atoms with Crippen LogP contribution < -0.4 is 15.5 Å². The van der Waals surface area contributed by atoms with Crippen LogP contribution >= 0.6 is 22.4 Å². The lowest BCUT2D eigenvalue weighted by atomic mass is 10.1. The second-order valence-corrected chi connectivity index (χ2v) is 11.7. The molecule has 1 aromatic carbocycles. The number of nitrogens with one attached hydrogen (secondary N) is 2. The van der Waals surface area contributed by atoms with Gasteiger partial charge in [-0.2, -0.15) is 24.3 Å². The number of benzene rings is 1. The quantitative estimate of drug-likeness (QED) is 0.385. The van der Waals surface area contributed by atoms with Gasteiger partial charge in [0.2, 0.25) is 5.95 Å². The summed E-state index contributed by atoms with van der Waals surface area (Å²) in [6.07, 6.45) is 4.21. The Hall–Kier alpha value is -3.33. The van der Waals surface area contributed by atoms with Crippen molar-refractivity contribution in [3.05, 3.63) is 34.6 Å². The first-order chi connectivity index (χ1) is 17.4. The van der Waals surface area contributed by atoms with Crippen molar-refractivity contribution in [3.8, 4) is 12.1 Å². The third kappa shape index (κ3) is 4.05. The van der Waals surface area contributed by atoms with Crippen LogP contribution in [-0.4, -0.2) is 70.5 Å². The second kappa shape index (κ2) is 8.65. The third-order valence-electron chi connectivity index (χ3n) is 6.69. The van der Waals surface area contributed by atoms with Gasteiger partial charge in [-0.1, -0.05) is 11.6 Å². The first-order valence-corrected chi connectivity index (χ1v) is 13.6. The van der Waals surface area contributed by atoms with Gasteiger partial charge in [-0.05, 0) is 31.4 Å². The van der Waals surface area contributed by atoms with E-state index >= 15 is 0 Å². The number of halogens is 1. The molecule has 3 fully saturated rings. The van der Waals surface area contributed by atoms with Crippen molar-refractivity contribution < 1.29 is 9.11 Å². The summed E-state index contributed by atoms with van der Waals surface area (Å²) < 4.78 is 23.8. The number of imidazole rings is 1. The van der Waals surface area contributed by atoms with E-state index in [-0.39, 0.29) is 17.7 Å². The van der Waals surface area contributed by atoms with Gasteiger partial charge in [0, 0.05) is 31.7 Å². The Labute approximate surface area is 213 Å². The smallest absolute Gasteiger partial charge is 0.247 e. The van der Waals surface area contributed by atoms with Gasteiger partial charge < -0.3 is 15.5 Å². The van der Waals surface area contributed by atoms with Crippen LogP contribution in [0.2, 0.25) is 5.02 Å². The number of hydrogen-bond acceptors (Lipinski definition) is 11. The van der Waals surface area contributed by atoms with Crippen molar-refractivity contribution in [3.63, 3.8) is 0 Å². The first-order valence-electron chi connectivity index (χ1n) is 11.6. The van der Waals surface area contributed by atoms with E-state index < -0.39 is 10.8 Å². The van der Waals surface area contributed by atoms with E-state index in [0.29, 0.717) is 71.3 Å². The number of rotatable bonds is 5. The van der Waals surface area contributed by atoms with Crippen LogP contribution in [0.4, 0.5) is 23.1 Å². The Morgan fingerprint density at radius 2 is 1.97 bits per heavy atom. The molecule has 0 bridgehead atoms. The predicted molar refractivity (Wildman–Crippen MR) is 137 cm³/mol. The normalized spacial score (nSPS) is 22.0. The van der Waals surface area contributed by atoms with E-state index in [2.05, 4.69) is 42.7 Å². The van der Waals surface area contributed by atoms with Crippen molar-refractivity contribution in [1.29, 1.82) is 10.5 Å². The highest BCUT2D eigenvalue weighted by molar-refractivity contribution is 8.22. The van der Waals surface area contributed by atoms with E-state index in [4.69, 9.17) is 11.6 Å². The van der Waals surface area contributed by atoms with Crippen molar-refractivity contribution in [2.45, 2.75) is 31.3 Å². The van der Waals surface area contributed by atoms with Gasteiger partial charge in [0.1, 0.15) is 6.07 Å². The molecule has 0 spiro atoms. The monoisotopic (exact) mass is 526 g/mol. The average Bonchev–Trinajstić information content (AvgIpc) is 3.50. The highest BCUT2D eigenvalue weighted by Gasteiger charge is 2.41. The van der Waals surface area contributed by atoms with E-state index in [1.807, 2.05) is 0 Å². The second-order valence-electron chi connectivity index (χ2n) is 9.15. The van der Waals surface area contributed by atoms with E-state index in [0.717, 1.165) is 12.8 Å². The highest BCUT2D eigenvalue weighted by Crippen LogP contribution is 2.52. The van der Waals surface area contributed by atoms with Crippen LogP contribution in [0.3, 0.4) is 0 Å². The average molecular weight is 527 g/mol. The van der Waals surface area contributed by atoms with Gasteiger partial charge in [0.25, 0.3) is 0 Å². The van der Waals surface area contributed by atoms with Crippen molar-refractivity contribution >= 4 is 51.2 Å². The number of anilines is 4. The minimum absolute atomic E-state index is 0.00871. The maximum absolute atomic E-state index is 10.3. The molecule has 1 unspecified atom stereocenters. The van der Waals surface area contributed by atoms with Crippen molar-refractivity contribution in [2.75, 3.05) is 40.9 Å². The van der Waals surface area contributed by atoms with E-state index in [1.54, 1.807) is 16.4 Å². The molecule has 186 valence electrons. The molecule has 14 heteroatoms. The Bertz CT molecular complexity index is 1440. The predicted octanol–water partition coefficient (Wildman–Crippen LogP) is 3.40. The topological polar surface area (TPSA) is 162 Å². The lowest BCUT2D eigenvalue weighted by Crippen LogP contribution is -2.50. The van der Waals surface area contributed by atoms with Crippen molar-refractivity contribution in [2.24, 2.45) is 0 Å². The number of nitrogens with zero attached hydrogens (tertiary/aromatic N) is 8. The zero-order valence-corrected chi connectivity index (χ0v) is 20.7. The largest absolute Gasteiger partial charge is 0.367 e. The van der Waals surface area contributed by atoms with Crippen LogP contribution in [0.5, 0.6) is 0 Å². The molecule has 0 amide bonds. The van der Waals surface area contributed by atoms with Crippen LogP contribution in [0.1, 0.15) is 30.5 Å². The zero-order valence-electron chi connectivity index (χ0n) is 19.1. The summed E-state index contributed by atoms with van der Waals surface area (Å²) in [6.45, 7) is 1.61. The number of piperazine rings is 1. The standard InChI is InChI=1S/C22H23ClN10O2S/c23-19-17(28-22-29-20(27-14-1-2-14)21-26-11-16(10-25)33(21)30-22)7-13(9-24)8-18(19)31-4-5-32-15(12-31)3-6-36(32,34)35/h7-8,11,14-15,34-35H,1-6,12H2,(H2,27,28,29,30). The summed E-state index contributed by atoms with van der Waals surface area (Å²) in [7, 11) is -2.70. The lowest BCUT2D eigenvalue weighted by Gasteiger charge is -2.45. The minimum atomic E-state index is -2.70. The Balaban J connectivity index is 1.34. The maximum atomic E-state index is 10.3. The molecule has 36 heavy (non-hydrogen) atoms. The lowest BCUT2D eigenvalue weighted by molar-refractivity contribution is 0.285. The summed E-state index contributed by atoms with van der Waals surface area (Å²) in [4.78, 5) is 10.9. The number of fused-ring (bicyclic) bond motifs is 2. The molecule has 0 radical (unpaired) electrons. The van der Waals surface area contributed by atoms with E-state index in [9.17, 15) is 19.6 Å². The van der Waals surface area contributed by atoms with Gasteiger partial charge in [0.05, 0.1) is 40.0 Å². The molecule has 1 atom stereocenters.